The topological polar surface area (TPSA) is 40.5 Å². The summed E-state index contributed by atoms with van der Waals surface area (Å²) in [4.78, 5) is 0. The Labute approximate surface area is 185 Å². The molecule has 30 heavy (non-hydrogen) atoms. The summed E-state index contributed by atoms with van der Waals surface area (Å²) in [6.45, 7) is 13.5. The minimum atomic E-state index is 0.159. The number of rotatable bonds is 9. The third kappa shape index (κ3) is 11.3. The molecule has 0 atom stereocenters. The quantitative estimate of drug-likeness (QED) is 0.406. The second-order valence-electron chi connectivity index (χ2n) is 10.4. The van der Waals surface area contributed by atoms with Crippen LogP contribution in [0.3, 0.4) is 0 Å². The highest BCUT2D eigenvalue weighted by molar-refractivity contribution is 5.30. The number of aryl methyl sites for hydroxylation is 1. The lowest BCUT2D eigenvalue weighted by Crippen LogP contribution is -2.24. The van der Waals surface area contributed by atoms with Crippen molar-refractivity contribution in [3.05, 3.63) is 59.7 Å². The van der Waals surface area contributed by atoms with E-state index in [4.69, 9.17) is 5.11 Å². The molecule has 0 heterocycles. The summed E-state index contributed by atoms with van der Waals surface area (Å²) < 4.78 is 0. The summed E-state index contributed by atoms with van der Waals surface area (Å²) in [7, 11) is 0. The van der Waals surface area contributed by atoms with Crippen molar-refractivity contribution in [2.45, 2.75) is 98.3 Å². The predicted octanol–water partition coefficient (Wildman–Crippen LogP) is 8.40. The lowest BCUT2D eigenvalue weighted by atomic mass is 9.72. The van der Waals surface area contributed by atoms with Crippen molar-refractivity contribution in [3.8, 4) is 11.5 Å². The number of aromatic hydroxyl groups is 2. The Kier molecular flexibility index (Phi) is 11.0. The van der Waals surface area contributed by atoms with Crippen LogP contribution >= 0.6 is 0 Å². The Morgan fingerprint density at radius 3 is 1.60 bits per heavy atom. The van der Waals surface area contributed by atoms with Gasteiger partial charge in [0.05, 0.1) is 0 Å². The van der Waals surface area contributed by atoms with Crippen LogP contribution in [0.2, 0.25) is 0 Å². The highest BCUT2D eigenvalue weighted by Gasteiger charge is 2.26. The predicted molar refractivity (Wildman–Crippen MR) is 130 cm³/mol. The van der Waals surface area contributed by atoms with E-state index in [0.717, 1.165) is 12.8 Å². The normalized spacial score (nSPS) is 11.7. The first-order valence-electron chi connectivity index (χ1n) is 11.6. The fourth-order valence-electron chi connectivity index (χ4n) is 4.11. The first-order chi connectivity index (χ1) is 14.0. The van der Waals surface area contributed by atoms with Crippen molar-refractivity contribution in [2.75, 3.05) is 0 Å². The third-order valence-corrected chi connectivity index (χ3v) is 5.38. The van der Waals surface area contributed by atoms with Crippen molar-refractivity contribution < 1.29 is 10.2 Å². The van der Waals surface area contributed by atoms with Gasteiger partial charge in [-0.2, -0.15) is 0 Å². The van der Waals surface area contributed by atoms with Crippen molar-refractivity contribution in [2.24, 2.45) is 5.41 Å². The van der Waals surface area contributed by atoms with E-state index < -0.39 is 0 Å². The van der Waals surface area contributed by atoms with Gasteiger partial charge in [0.15, 0.2) is 0 Å². The summed E-state index contributed by atoms with van der Waals surface area (Å²) in [5.41, 5.74) is 3.10. The van der Waals surface area contributed by atoms with E-state index in [1.165, 1.54) is 49.7 Å². The van der Waals surface area contributed by atoms with Gasteiger partial charge in [0.25, 0.3) is 0 Å². The fraction of sp³-hybridized carbons (Fsp3) is 0.571. The van der Waals surface area contributed by atoms with Gasteiger partial charge in [0, 0.05) is 0 Å². The van der Waals surface area contributed by atoms with E-state index in [2.05, 4.69) is 41.5 Å². The first kappa shape index (κ1) is 26.1. The number of phenolic OH excluding ortho intramolecular Hbond substituents is 2. The molecule has 2 rings (SSSR count). The maximum absolute atomic E-state index is 9.25. The lowest BCUT2D eigenvalue weighted by molar-refractivity contribution is 0.284. The van der Waals surface area contributed by atoms with Crippen LogP contribution in [-0.4, -0.2) is 10.2 Å². The molecule has 0 bridgehead atoms. The Morgan fingerprint density at radius 1 is 0.633 bits per heavy atom. The molecule has 0 unspecified atom stereocenters. The van der Waals surface area contributed by atoms with E-state index >= 15 is 0 Å². The summed E-state index contributed by atoms with van der Waals surface area (Å²) in [5, 5.41) is 18.4. The zero-order valence-electron chi connectivity index (χ0n) is 20.2. The van der Waals surface area contributed by atoms with E-state index in [1.54, 1.807) is 24.3 Å². The molecule has 0 aliphatic heterocycles. The molecule has 0 fully saturated rings. The van der Waals surface area contributed by atoms with Gasteiger partial charge in [-0.15, -0.1) is 0 Å². The maximum Gasteiger partial charge on any atom is 0.115 e. The second-order valence-corrected chi connectivity index (χ2v) is 10.4. The molecule has 2 nitrogen and oxygen atoms in total. The van der Waals surface area contributed by atoms with Gasteiger partial charge in [0.2, 0.25) is 0 Å². The van der Waals surface area contributed by atoms with Crippen molar-refractivity contribution in [3.63, 3.8) is 0 Å². The van der Waals surface area contributed by atoms with Gasteiger partial charge in [-0.1, -0.05) is 97.9 Å². The summed E-state index contributed by atoms with van der Waals surface area (Å²) in [6.07, 6.45) is 10.3. The fourth-order valence-corrected chi connectivity index (χ4v) is 4.11. The average Bonchev–Trinajstić information content (AvgIpc) is 2.65. The molecule has 0 saturated carbocycles. The first-order valence-corrected chi connectivity index (χ1v) is 11.6. The molecular formula is C28H44O2. The molecule has 2 N–H and O–H groups in total. The number of hydrogen-bond acceptors (Lipinski definition) is 2. The lowest BCUT2D eigenvalue weighted by Gasteiger charge is -2.33. The number of hydrogen-bond donors (Lipinski definition) is 2. The van der Waals surface area contributed by atoms with Gasteiger partial charge < -0.3 is 10.2 Å². The largest absolute Gasteiger partial charge is 0.508 e. The smallest absolute Gasteiger partial charge is 0.115 e. The van der Waals surface area contributed by atoms with Crippen molar-refractivity contribution in [1.82, 2.24) is 0 Å². The molecule has 0 spiro atoms. The molecule has 2 aromatic carbocycles. The molecule has 0 amide bonds. The molecule has 2 heteroatoms. The van der Waals surface area contributed by atoms with Crippen LogP contribution in [0.4, 0.5) is 0 Å². The highest BCUT2D eigenvalue weighted by atomic mass is 16.3. The van der Waals surface area contributed by atoms with Crippen LogP contribution in [0.5, 0.6) is 11.5 Å². The van der Waals surface area contributed by atoms with Crippen LogP contribution in [-0.2, 0) is 11.8 Å². The second kappa shape index (κ2) is 12.7. The van der Waals surface area contributed by atoms with Crippen LogP contribution in [0.1, 0.15) is 97.6 Å². The molecule has 0 aliphatic rings. The van der Waals surface area contributed by atoms with Gasteiger partial charge >= 0.3 is 0 Å². The van der Waals surface area contributed by atoms with Gasteiger partial charge in [-0.25, -0.2) is 0 Å². The Hall–Kier alpha value is -1.96. The molecule has 0 aromatic heterocycles. The monoisotopic (exact) mass is 412 g/mol. The van der Waals surface area contributed by atoms with Gasteiger partial charge in [0.1, 0.15) is 11.5 Å². The zero-order chi connectivity index (χ0) is 22.6. The Balaban J connectivity index is 0.000000300. The molecule has 0 aliphatic carbocycles. The SMILES string of the molecule is CC(C)(C)CC(C)(C)c1ccc(O)cc1.CCCCCCCCc1ccc(O)cc1. The third-order valence-electron chi connectivity index (χ3n) is 5.38. The summed E-state index contributed by atoms with van der Waals surface area (Å²) >= 11 is 0. The molecule has 168 valence electrons. The zero-order valence-corrected chi connectivity index (χ0v) is 20.2. The Bertz CT molecular complexity index is 691. The minimum Gasteiger partial charge on any atom is -0.508 e. The molecule has 0 saturated heterocycles. The molecule has 0 radical (unpaired) electrons. The van der Waals surface area contributed by atoms with E-state index in [-0.39, 0.29) is 5.41 Å². The van der Waals surface area contributed by atoms with Crippen molar-refractivity contribution in [1.29, 1.82) is 0 Å². The number of unbranched alkanes of at least 4 members (excludes halogenated alkanes) is 5. The van der Waals surface area contributed by atoms with E-state index in [1.807, 2.05) is 24.3 Å². The van der Waals surface area contributed by atoms with Crippen LogP contribution in [0.25, 0.3) is 0 Å². The molecular weight excluding hydrogens is 368 g/mol. The Morgan fingerprint density at radius 2 is 1.10 bits per heavy atom. The van der Waals surface area contributed by atoms with E-state index in [9.17, 15) is 5.11 Å². The highest BCUT2D eigenvalue weighted by Crippen LogP contribution is 2.36. The number of phenols is 2. The standard InChI is InChI=1S/2C14H22O/c1-13(2,3)10-14(4,5)11-6-8-12(15)9-7-11;1-2-3-4-5-6-7-8-13-9-11-14(15)12-10-13/h6-9,15H,10H2,1-5H3;9-12,15H,2-8H2,1H3. The summed E-state index contributed by atoms with van der Waals surface area (Å²) in [6, 6.07) is 15.1. The van der Waals surface area contributed by atoms with Crippen LogP contribution in [0, 0.1) is 5.41 Å². The molecule has 2 aromatic rings. The summed E-state index contributed by atoms with van der Waals surface area (Å²) in [5.74, 6) is 0.701. The van der Waals surface area contributed by atoms with Crippen molar-refractivity contribution >= 4 is 0 Å². The average molecular weight is 413 g/mol. The number of benzene rings is 2. The van der Waals surface area contributed by atoms with E-state index in [0.29, 0.717) is 16.9 Å². The van der Waals surface area contributed by atoms with Crippen LogP contribution < -0.4 is 0 Å². The van der Waals surface area contributed by atoms with Gasteiger partial charge in [-0.05, 0) is 65.5 Å². The maximum atomic E-state index is 9.25. The van der Waals surface area contributed by atoms with Gasteiger partial charge in [-0.3, -0.25) is 0 Å². The van der Waals surface area contributed by atoms with Crippen LogP contribution in [0.15, 0.2) is 48.5 Å². The minimum absolute atomic E-state index is 0.159.